The van der Waals surface area contributed by atoms with Crippen LogP contribution >= 0.6 is 11.6 Å². The number of aromatic nitrogens is 2. The number of hydrogen-bond acceptors (Lipinski definition) is 4. The van der Waals surface area contributed by atoms with Gasteiger partial charge in [0.15, 0.2) is 0 Å². The van der Waals surface area contributed by atoms with Crippen LogP contribution in [0, 0.1) is 13.8 Å². The van der Waals surface area contributed by atoms with Crippen LogP contribution in [0.2, 0.25) is 5.02 Å². The van der Waals surface area contributed by atoms with Gasteiger partial charge in [-0.15, -0.1) is 0 Å². The Kier molecular flexibility index (Phi) is 7.12. The molecule has 0 amide bonds. The smallest absolute Gasteiger partial charge is 0.336 e. The van der Waals surface area contributed by atoms with Gasteiger partial charge in [-0.3, -0.25) is 4.68 Å². The molecule has 7 nitrogen and oxygen atoms in total. The molecule has 1 aromatic heterocycles. The van der Waals surface area contributed by atoms with Gasteiger partial charge < -0.3 is 14.9 Å². The molecule has 0 saturated heterocycles. The lowest BCUT2D eigenvalue weighted by Gasteiger charge is -2.14. The maximum absolute atomic E-state index is 11.8. The van der Waals surface area contributed by atoms with E-state index in [1.807, 2.05) is 63.4 Å². The number of carboxylic acid groups (broad SMARTS) is 2. The van der Waals surface area contributed by atoms with Crippen molar-refractivity contribution in [2.24, 2.45) is 7.05 Å². The summed E-state index contributed by atoms with van der Waals surface area (Å²) in [5.41, 5.74) is 5.69. The van der Waals surface area contributed by atoms with Gasteiger partial charge in [0, 0.05) is 12.6 Å². The van der Waals surface area contributed by atoms with Gasteiger partial charge in [-0.25, -0.2) is 9.59 Å². The summed E-state index contributed by atoms with van der Waals surface area (Å²) >= 11 is 6.44. The van der Waals surface area contributed by atoms with Crippen LogP contribution in [0.5, 0.6) is 5.75 Å². The molecule has 2 N–H and O–H groups in total. The Morgan fingerprint density at radius 3 is 2.28 bits per heavy atom. The molecule has 0 fully saturated rings. The first-order valence-electron chi connectivity index (χ1n) is 11.2. The minimum absolute atomic E-state index is 0.0273. The molecule has 36 heavy (non-hydrogen) atoms. The number of carbonyl (C=O) groups is 2. The summed E-state index contributed by atoms with van der Waals surface area (Å²) in [7, 11) is 1.85. The Balaban J connectivity index is 1.55. The summed E-state index contributed by atoms with van der Waals surface area (Å²) in [6, 6.07) is 17.6. The molecule has 3 aromatic carbocycles. The fraction of sp³-hybridized carbons (Fsp3) is 0.179. The summed E-state index contributed by atoms with van der Waals surface area (Å²) in [4.78, 5) is 23.0. The van der Waals surface area contributed by atoms with E-state index >= 15 is 0 Å². The third-order valence-corrected chi connectivity index (χ3v) is 6.63. The first kappa shape index (κ1) is 25.0. The van der Waals surface area contributed by atoms with Crippen LogP contribution in [-0.4, -0.2) is 31.9 Å². The number of aryl methyl sites for hydroxylation is 2. The predicted octanol–water partition coefficient (Wildman–Crippen LogP) is 5.92. The van der Waals surface area contributed by atoms with Gasteiger partial charge >= 0.3 is 11.9 Å². The van der Waals surface area contributed by atoms with E-state index in [-0.39, 0.29) is 17.7 Å². The zero-order valence-corrected chi connectivity index (χ0v) is 20.8. The van der Waals surface area contributed by atoms with Gasteiger partial charge in [0.1, 0.15) is 18.1 Å². The molecule has 0 aliphatic carbocycles. The number of rotatable bonds is 8. The number of aromatic carboxylic acids is 2. The second kappa shape index (κ2) is 10.3. The standard InChI is InChI=1S/C28H25ClN2O5/c1-16-12-20(26-25(29)17(2)31(3)30-26)10-11-24(16)36-15-22-7-5-4-6-18(22)13-19-8-9-21(27(32)33)14-23(19)28(34)35/h4-12,14H,13,15H2,1-3H3,(H,32,33)(H,34,35). The van der Waals surface area contributed by atoms with E-state index in [0.29, 0.717) is 17.0 Å². The van der Waals surface area contributed by atoms with Crippen molar-refractivity contribution in [2.45, 2.75) is 26.9 Å². The van der Waals surface area contributed by atoms with Gasteiger partial charge in [0.05, 0.1) is 21.8 Å². The lowest BCUT2D eigenvalue weighted by Crippen LogP contribution is -2.08. The van der Waals surface area contributed by atoms with Crippen molar-refractivity contribution in [3.05, 3.63) is 105 Å². The topological polar surface area (TPSA) is 102 Å². The average Bonchev–Trinajstić information content (AvgIpc) is 3.11. The molecule has 0 saturated carbocycles. The van der Waals surface area contributed by atoms with Crippen molar-refractivity contribution >= 4 is 23.5 Å². The predicted molar refractivity (Wildman–Crippen MR) is 137 cm³/mol. The zero-order chi connectivity index (χ0) is 26.0. The Labute approximate surface area is 213 Å². The van der Waals surface area contributed by atoms with Gasteiger partial charge in [0.25, 0.3) is 0 Å². The van der Waals surface area contributed by atoms with Crippen LogP contribution in [0.4, 0.5) is 0 Å². The molecule has 0 radical (unpaired) electrons. The fourth-order valence-corrected chi connectivity index (χ4v) is 4.29. The van der Waals surface area contributed by atoms with Crippen LogP contribution in [0.3, 0.4) is 0 Å². The first-order valence-corrected chi connectivity index (χ1v) is 11.6. The quantitative estimate of drug-likeness (QED) is 0.308. The van der Waals surface area contributed by atoms with E-state index in [2.05, 4.69) is 5.10 Å². The molecule has 1 heterocycles. The Morgan fingerprint density at radius 2 is 1.67 bits per heavy atom. The van der Waals surface area contributed by atoms with Crippen LogP contribution in [0.25, 0.3) is 11.3 Å². The number of hydrogen-bond donors (Lipinski definition) is 2. The Hall–Kier alpha value is -4.10. The second-order valence-electron chi connectivity index (χ2n) is 8.57. The number of halogens is 1. The van der Waals surface area contributed by atoms with Gasteiger partial charge in [0.2, 0.25) is 0 Å². The third-order valence-electron chi connectivity index (χ3n) is 6.18. The maximum atomic E-state index is 11.8. The monoisotopic (exact) mass is 504 g/mol. The van der Waals surface area contributed by atoms with Crippen molar-refractivity contribution in [1.82, 2.24) is 9.78 Å². The minimum Gasteiger partial charge on any atom is -0.489 e. The molecule has 184 valence electrons. The largest absolute Gasteiger partial charge is 0.489 e. The minimum atomic E-state index is -1.17. The highest BCUT2D eigenvalue weighted by atomic mass is 35.5. The molecule has 0 unspecified atom stereocenters. The Morgan fingerprint density at radius 1 is 0.944 bits per heavy atom. The van der Waals surface area contributed by atoms with Gasteiger partial charge in [-0.05, 0) is 72.9 Å². The summed E-state index contributed by atoms with van der Waals surface area (Å²) < 4.78 is 7.88. The maximum Gasteiger partial charge on any atom is 0.336 e. The number of carboxylic acids is 2. The van der Waals surface area contributed by atoms with Crippen molar-refractivity contribution < 1.29 is 24.5 Å². The molecule has 0 aliphatic rings. The SMILES string of the molecule is Cc1cc(-c2nn(C)c(C)c2Cl)ccc1OCc1ccccc1Cc1ccc(C(=O)O)cc1C(=O)O. The highest BCUT2D eigenvalue weighted by molar-refractivity contribution is 6.33. The number of ether oxygens (including phenoxy) is 1. The van der Waals surface area contributed by atoms with Crippen LogP contribution in [0.1, 0.15) is 48.7 Å². The molecule has 8 heteroatoms. The summed E-state index contributed by atoms with van der Waals surface area (Å²) in [5.74, 6) is -1.62. The average molecular weight is 505 g/mol. The first-order chi connectivity index (χ1) is 17.2. The van der Waals surface area contributed by atoms with Crippen molar-refractivity contribution in [2.75, 3.05) is 0 Å². The Bertz CT molecular complexity index is 1480. The summed E-state index contributed by atoms with van der Waals surface area (Å²) in [5, 5.41) is 23.9. The van der Waals surface area contributed by atoms with E-state index in [4.69, 9.17) is 16.3 Å². The molecule has 0 spiro atoms. The number of benzene rings is 3. The lowest BCUT2D eigenvalue weighted by molar-refractivity contribution is 0.0695. The molecule has 0 atom stereocenters. The zero-order valence-electron chi connectivity index (χ0n) is 20.1. The second-order valence-corrected chi connectivity index (χ2v) is 8.95. The summed E-state index contributed by atoms with van der Waals surface area (Å²) in [6.07, 6.45) is 0.330. The highest BCUT2D eigenvalue weighted by Crippen LogP contribution is 2.32. The van der Waals surface area contributed by atoms with Gasteiger partial charge in [-0.2, -0.15) is 5.10 Å². The molecule has 0 aliphatic heterocycles. The van der Waals surface area contributed by atoms with Crippen molar-refractivity contribution in [3.63, 3.8) is 0 Å². The molecule has 4 aromatic rings. The highest BCUT2D eigenvalue weighted by Gasteiger charge is 2.17. The van der Waals surface area contributed by atoms with Crippen molar-refractivity contribution in [1.29, 1.82) is 0 Å². The molecule has 4 rings (SSSR count). The number of nitrogens with zero attached hydrogens (tertiary/aromatic N) is 2. The van der Waals surface area contributed by atoms with E-state index in [9.17, 15) is 19.8 Å². The third kappa shape index (κ3) is 5.11. The van der Waals surface area contributed by atoms with E-state index in [1.54, 1.807) is 10.7 Å². The normalized spacial score (nSPS) is 10.9. The van der Waals surface area contributed by atoms with Crippen LogP contribution in [0.15, 0.2) is 60.7 Å². The lowest BCUT2D eigenvalue weighted by atomic mass is 9.95. The molecule has 0 bridgehead atoms. The van der Waals surface area contributed by atoms with E-state index in [0.717, 1.165) is 39.4 Å². The van der Waals surface area contributed by atoms with Crippen LogP contribution in [-0.2, 0) is 20.1 Å². The summed E-state index contributed by atoms with van der Waals surface area (Å²) in [6.45, 7) is 4.16. The van der Waals surface area contributed by atoms with Gasteiger partial charge in [-0.1, -0.05) is 41.9 Å². The van der Waals surface area contributed by atoms with E-state index in [1.165, 1.54) is 12.1 Å². The molecular weight excluding hydrogens is 480 g/mol. The fourth-order valence-electron chi connectivity index (χ4n) is 4.02. The van der Waals surface area contributed by atoms with Crippen LogP contribution < -0.4 is 4.74 Å². The van der Waals surface area contributed by atoms with E-state index < -0.39 is 11.9 Å². The molecular formula is C28H25ClN2O5. The van der Waals surface area contributed by atoms with Crippen molar-refractivity contribution in [3.8, 4) is 17.0 Å².